The van der Waals surface area contributed by atoms with E-state index in [1.807, 2.05) is 0 Å². The van der Waals surface area contributed by atoms with Gasteiger partial charge in [0.05, 0.1) is 18.9 Å². The van der Waals surface area contributed by atoms with Gasteiger partial charge in [0.25, 0.3) is 0 Å². The Morgan fingerprint density at radius 1 is 1.42 bits per heavy atom. The van der Waals surface area contributed by atoms with Crippen LogP contribution in [0.15, 0.2) is 23.3 Å². The van der Waals surface area contributed by atoms with Gasteiger partial charge in [-0.15, -0.1) is 0 Å². The molecule has 0 atom stereocenters. The third-order valence-electron chi connectivity index (χ3n) is 4.20. The zero-order valence-corrected chi connectivity index (χ0v) is 15.4. The number of nitrogens with zero attached hydrogens (tertiary/aromatic N) is 2. The van der Waals surface area contributed by atoms with Gasteiger partial charge in [-0.1, -0.05) is 13.0 Å². The number of ether oxygens (including phenoxy) is 1. The first-order valence-corrected chi connectivity index (χ1v) is 8.29. The normalized spacial score (nSPS) is 15.9. The Hall–Kier alpha value is -2.30. The van der Waals surface area contributed by atoms with Crippen LogP contribution in [0.2, 0.25) is 0 Å². The van der Waals surface area contributed by atoms with Crippen molar-refractivity contribution >= 4 is 23.4 Å². The number of fused-ring (bicyclic) bond motifs is 1. The molecule has 1 aromatic rings. The van der Waals surface area contributed by atoms with Crippen molar-refractivity contribution in [2.45, 2.75) is 46.6 Å². The van der Waals surface area contributed by atoms with Gasteiger partial charge < -0.3 is 9.64 Å². The van der Waals surface area contributed by atoms with Gasteiger partial charge in [0.1, 0.15) is 5.75 Å². The molecule has 1 amide bonds. The van der Waals surface area contributed by atoms with Crippen LogP contribution in [0.5, 0.6) is 5.75 Å². The van der Waals surface area contributed by atoms with Crippen molar-refractivity contribution < 1.29 is 9.53 Å². The lowest BCUT2D eigenvalue weighted by Crippen LogP contribution is -2.45. The maximum absolute atomic E-state index is 11.0. The van der Waals surface area contributed by atoms with Crippen LogP contribution in [0.25, 0.3) is 5.57 Å². The summed E-state index contributed by atoms with van der Waals surface area (Å²) in [6, 6.07) is 4.14. The van der Waals surface area contributed by atoms with Gasteiger partial charge in [-0.3, -0.25) is 4.79 Å². The number of hydrogen-bond donors (Lipinski definition) is 1. The highest BCUT2D eigenvalue weighted by atomic mass is 16.5. The van der Waals surface area contributed by atoms with Crippen LogP contribution in [0.3, 0.4) is 0 Å². The maximum Gasteiger partial charge on any atom is 0.236 e. The van der Waals surface area contributed by atoms with Gasteiger partial charge in [-0.2, -0.15) is 5.10 Å². The summed E-state index contributed by atoms with van der Waals surface area (Å²) in [5.74, 6) is 0.546. The Morgan fingerprint density at radius 3 is 2.71 bits per heavy atom. The standard InChI is InChI=1S/C19H27N3O2/c1-7-8-22-17-10-18(24-6)15(12-20-21-14(3)23)9-16(17)13(2)11-19(22,4)5/h9-12H,7-8H2,1-6H3,(H,21,23)/b20-12-. The lowest BCUT2D eigenvalue weighted by atomic mass is 9.87. The molecule has 2 rings (SSSR count). The van der Waals surface area contributed by atoms with Gasteiger partial charge in [0.2, 0.25) is 5.91 Å². The molecule has 5 nitrogen and oxygen atoms in total. The Morgan fingerprint density at radius 2 is 2.12 bits per heavy atom. The highest BCUT2D eigenvalue weighted by molar-refractivity contribution is 5.91. The predicted octanol–water partition coefficient (Wildman–Crippen LogP) is 3.58. The number of amides is 1. The molecule has 0 bridgehead atoms. The summed E-state index contributed by atoms with van der Waals surface area (Å²) in [6.45, 7) is 11.2. The Balaban J connectivity index is 2.53. The molecule has 24 heavy (non-hydrogen) atoms. The molecule has 0 saturated heterocycles. The summed E-state index contributed by atoms with van der Waals surface area (Å²) in [6.07, 6.45) is 4.99. The van der Waals surface area contributed by atoms with Crippen molar-refractivity contribution in [3.8, 4) is 5.75 Å². The molecule has 1 N–H and O–H groups in total. The largest absolute Gasteiger partial charge is 0.496 e. The third-order valence-corrected chi connectivity index (χ3v) is 4.20. The topological polar surface area (TPSA) is 53.9 Å². The van der Waals surface area contributed by atoms with E-state index >= 15 is 0 Å². The summed E-state index contributed by atoms with van der Waals surface area (Å²) in [5, 5.41) is 3.97. The summed E-state index contributed by atoms with van der Waals surface area (Å²) < 4.78 is 5.55. The van der Waals surface area contributed by atoms with Crippen molar-refractivity contribution in [2.75, 3.05) is 18.6 Å². The zero-order chi connectivity index (χ0) is 17.9. The monoisotopic (exact) mass is 329 g/mol. The van der Waals surface area contributed by atoms with Crippen molar-refractivity contribution in [1.82, 2.24) is 5.43 Å². The van der Waals surface area contributed by atoms with E-state index < -0.39 is 0 Å². The number of hydrogen-bond acceptors (Lipinski definition) is 4. The molecule has 0 radical (unpaired) electrons. The number of nitrogens with one attached hydrogen (secondary N) is 1. The molecule has 1 aliphatic heterocycles. The van der Waals surface area contributed by atoms with Crippen molar-refractivity contribution in [3.63, 3.8) is 0 Å². The minimum absolute atomic E-state index is 0.0378. The summed E-state index contributed by atoms with van der Waals surface area (Å²) >= 11 is 0. The van der Waals surface area contributed by atoms with E-state index in [1.165, 1.54) is 23.7 Å². The average molecular weight is 329 g/mol. The van der Waals surface area contributed by atoms with Crippen molar-refractivity contribution in [1.29, 1.82) is 0 Å². The fourth-order valence-corrected chi connectivity index (χ4v) is 3.22. The van der Waals surface area contributed by atoms with E-state index in [1.54, 1.807) is 13.3 Å². The molecular weight excluding hydrogens is 302 g/mol. The molecule has 1 aliphatic rings. The van der Waals surface area contributed by atoms with Gasteiger partial charge in [-0.05, 0) is 38.8 Å². The number of hydrazone groups is 1. The van der Waals surface area contributed by atoms with E-state index in [-0.39, 0.29) is 11.4 Å². The van der Waals surface area contributed by atoms with Crippen LogP contribution in [0, 0.1) is 0 Å². The molecule has 0 fully saturated rings. The predicted molar refractivity (Wildman–Crippen MR) is 99.8 cm³/mol. The third kappa shape index (κ3) is 3.61. The summed E-state index contributed by atoms with van der Waals surface area (Å²) in [5.41, 5.74) is 6.82. The van der Waals surface area contributed by atoms with Gasteiger partial charge >= 0.3 is 0 Å². The number of methoxy groups -OCH3 is 1. The lowest BCUT2D eigenvalue weighted by molar-refractivity contribution is -0.118. The number of carbonyl (C=O) groups is 1. The van der Waals surface area contributed by atoms with Gasteiger partial charge in [-0.25, -0.2) is 5.43 Å². The Labute approximate surface area is 144 Å². The van der Waals surface area contributed by atoms with Crippen LogP contribution in [0.4, 0.5) is 5.69 Å². The number of anilines is 1. The van der Waals surface area contributed by atoms with Crippen LogP contribution in [-0.4, -0.2) is 31.3 Å². The van der Waals surface area contributed by atoms with Crippen molar-refractivity contribution in [2.24, 2.45) is 5.10 Å². The molecule has 1 heterocycles. The SMILES string of the molecule is CCCN1c2cc(OC)c(/C=N\NC(C)=O)cc2C(C)=CC1(C)C. The van der Waals surface area contributed by atoms with Crippen molar-refractivity contribution in [3.05, 3.63) is 29.3 Å². The molecule has 0 spiro atoms. The van der Waals surface area contributed by atoms with Gasteiger partial charge in [0, 0.05) is 36.3 Å². The summed E-state index contributed by atoms with van der Waals surface area (Å²) in [4.78, 5) is 13.4. The van der Waals surface area contributed by atoms with E-state index in [4.69, 9.17) is 4.74 Å². The molecule has 0 saturated carbocycles. The molecule has 1 aromatic carbocycles. The zero-order valence-electron chi connectivity index (χ0n) is 15.4. The highest BCUT2D eigenvalue weighted by Crippen LogP contribution is 2.41. The number of allylic oxidation sites excluding steroid dienone is 1. The molecule has 130 valence electrons. The minimum atomic E-state index is -0.199. The second-order valence-electron chi connectivity index (χ2n) is 6.67. The lowest BCUT2D eigenvalue weighted by Gasteiger charge is -2.43. The maximum atomic E-state index is 11.0. The van der Waals surface area contributed by atoms with Crippen LogP contribution < -0.4 is 15.1 Å². The fourth-order valence-electron chi connectivity index (χ4n) is 3.22. The number of carbonyl (C=O) groups excluding carboxylic acids is 1. The molecule has 0 aromatic heterocycles. The van der Waals surface area contributed by atoms with Crippen LogP contribution in [0.1, 0.15) is 52.2 Å². The first-order chi connectivity index (χ1) is 11.3. The first-order valence-electron chi connectivity index (χ1n) is 8.29. The first kappa shape index (κ1) is 18.0. The molecular formula is C19H27N3O2. The number of benzene rings is 1. The average Bonchev–Trinajstić information content (AvgIpc) is 2.50. The Bertz CT molecular complexity index is 690. The molecule has 0 unspecified atom stereocenters. The van der Waals surface area contributed by atoms with E-state index in [9.17, 15) is 4.79 Å². The minimum Gasteiger partial charge on any atom is -0.496 e. The van der Waals surface area contributed by atoms with Crippen LogP contribution in [-0.2, 0) is 4.79 Å². The van der Waals surface area contributed by atoms with Crippen LogP contribution >= 0.6 is 0 Å². The van der Waals surface area contributed by atoms with E-state index in [0.717, 1.165) is 24.3 Å². The Kier molecular flexibility index (Phi) is 5.32. The second kappa shape index (κ2) is 7.07. The molecule has 5 heteroatoms. The van der Waals surface area contributed by atoms with Gasteiger partial charge in [0.15, 0.2) is 0 Å². The quantitative estimate of drug-likeness (QED) is 0.663. The highest BCUT2D eigenvalue weighted by Gasteiger charge is 2.31. The van der Waals surface area contributed by atoms with E-state index in [0.29, 0.717) is 0 Å². The number of rotatable bonds is 5. The summed E-state index contributed by atoms with van der Waals surface area (Å²) in [7, 11) is 1.65. The fraction of sp³-hybridized carbons (Fsp3) is 0.474. The second-order valence-corrected chi connectivity index (χ2v) is 6.67. The van der Waals surface area contributed by atoms with E-state index in [2.05, 4.69) is 61.3 Å². The smallest absolute Gasteiger partial charge is 0.236 e. The molecule has 0 aliphatic carbocycles.